The van der Waals surface area contributed by atoms with E-state index in [-0.39, 0.29) is 11.9 Å². The fourth-order valence-corrected chi connectivity index (χ4v) is 1.64. The van der Waals surface area contributed by atoms with Crippen LogP contribution in [0.15, 0.2) is 6.20 Å². The predicted molar refractivity (Wildman–Crippen MR) is 67.9 cm³/mol. The summed E-state index contributed by atoms with van der Waals surface area (Å²) >= 11 is 0. The highest BCUT2D eigenvalue weighted by Gasteiger charge is 2.21. The van der Waals surface area contributed by atoms with E-state index in [0.717, 1.165) is 18.7 Å². The molecule has 1 amide bonds. The van der Waals surface area contributed by atoms with Gasteiger partial charge < -0.3 is 10.6 Å². The Bertz CT molecular complexity index is 399. The third kappa shape index (κ3) is 3.53. The Morgan fingerprint density at radius 3 is 3.06 bits per heavy atom. The summed E-state index contributed by atoms with van der Waals surface area (Å²) in [4.78, 5) is 11.8. The van der Waals surface area contributed by atoms with Gasteiger partial charge in [0.05, 0.1) is 11.9 Å². The first-order chi connectivity index (χ1) is 8.70. The first-order valence-corrected chi connectivity index (χ1v) is 6.62. The summed E-state index contributed by atoms with van der Waals surface area (Å²) in [5.41, 5.74) is 0.886. The van der Waals surface area contributed by atoms with Crippen LogP contribution in [-0.2, 0) is 11.3 Å². The van der Waals surface area contributed by atoms with E-state index >= 15 is 0 Å². The minimum Gasteiger partial charge on any atom is -0.354 e. The van der Waals surface area contributed by atoms with Gasteiger partial charge in [-0.1, -0.05) is 12.1 Å². The van der Waals surface area contributed by atoms with Crippen LogP contribution < -0.4 is 10.6 Å². The summed E-state index contributed by atoms with van der Waals surface area (Å²) in [5, 5.41) is 14.3. The normalized spacial score (nSPS) is 16.6. The van der Waals surface area contributed by atoms with Crippen LogP contribution in [0, 0.1) is 0 Å². The van der Waals surface area contributed by atoms with Gasteiger partial charge in [-0.15, -0.1) is 5.10 Å². The molecule has 0 saturated heterocycles. The van der Waals surface area contributed by atoms with Crippen molar-refractivity contribution in [2.24, 2.45) is 0 Å². The smallest absolute Gasteiger partial charge is 0.244 e. The Balaban J connectivity index is 1.84. The molecule has 1 aliphatic carbocycles. The average molecular weight is 251 g/mol. The lowest BCUT2D eigenvalue weighted by Crippen LogP contribution is -2.31. The van der Waals surface area contributed by atoms with Crippen molar-refractivity contribution in [1.29, 1.82) is 0 Å². The molecule has 1 aromatic rings. The molecule has 0 spiro atoms. The van der Waals surface area contributed by atoms with Crippen molar-refractivity contribution < 1.29 is 4.79 Å². The fourth-order valence-electron chi connectivity index (χ4n) is 1.64. The van der Waals surface area contributed by atoms with Crippen molar-refractivity contribution in [3.8, 4) is 0 Å². The summed E-state index contributed by atoms with van der Waals surface area (Å²) in [5.74, 6) is -0.0107. The molecule has 2 N–H and O–H groups in total. The largest absolute Gasteiger partial charge is 0.354 e. The van der Waals surface area contributed by atoms with E-state index in [2.05, 4.69) is 20.9 Å². The van der Waals surface area contributed by atoms with Gasteiger partial charge >= 0.3 is 0 Å². The number of nitrogens with one attached hydrogen (secondary N) is 2. The van der Waals surface area contributed by atoms with Gasteiger partial charge in [-0.2, -0.15) is 0 Å². The molecule has 18 heavy (non-hydrogen) atoms. The third-order valence-corrected chi connectivity index (χ3v) is 3.03. The highest BCUT2D eigenvalue weighted by atomic mass is 16.2. The molecule has 0 radical (unpaired) electrons. The second-order valence-electron chi connectivity index (χ2n) is 4.81. The summed E-state index contributed by atoms with van der Waals surface area (Å²) in [6.45, 7) is 5.29. The van der Waals surface area contributed by atoms with Crippen molar-refractivity contribution >= 4 is 5.91 Å². The van der Waals surface area contributed by atoms with Gasteiger partial charge in [-0.25, -0.2) is 4.68 Å². The van der Waals surface area contributed by atoms with Crippen molar-refractivity contribution in [2.45, 2.75) is 51.7 Å². The molecule has 6 heteroatoms. The average Bonchev–Trinajstić information content (AvgIpc) is 3.09. The van der Waals surface area contributed by atoms with E-state index in [9.17, 15) is 4.79 Å². The lowest BCUT2D eigenvalue weighted by molar-refractivity contribution is -0.124. The lowest BCUT2D eigenvalue weighted by atomic mass is 10.3. The Morgan fingerprint density at radius 1 is 1.61 bits per heavy atom. The van der Waals surface area contributed by atoms with Crippen LogP contribution in [0.4, 0.5) is 0 Å². The minimum absolute atomic E-state index is 0.0107. The molecular formula is C12H21N5O. The standard InChI is InChI=1S/C12H21N5O/c1-3-6-13-12(18)9(2)17-8-11(15-16-17)7-14-10-4-5-10/h8-10,14H,3-7H2,1-2H3,(H,13,18). The first kappa shape index (κ1) is 13.0. The first-order valence-electron chi connectivity index (χ1n) is 6.62. The molecule has 0 aromatic carbocycles. The van der Waals surface area contributed by atoms with Gasteiger partial charge in [0.2, 0.25) is 5.91 Å². The number of aromatic nitrogens is 3. The van der Waals surface area contributed by atoms with Crippen LogP contribution in [-0.4, -0.2) is 33.5 Å². The molecule has 1 atom stereocenters. The SMILES string of the molecule is CCCNC(=O)C(C)n1cc(CNC2CC2)nn1. The molecule has 0 aliphatic heterocycles. The molecular weight excluding hydrogens is 230 g/mol. The fraction of sp³-hybridized carbons (Fsp3) is 0.750. The van der Waals surface area contributed by atoms with Crippen LogP contribution in [0.3, 0.4) is 0 Å². The van der Waals surface area contributed by atoms with Crippen LogP contribution in [0.2, 0.25) is 0 Å². The number of hydrogen-bond donors (Lipinski definition) is 2. The van der Waals surface area contributed by atoms with Gasteiger partial charge in [-0.05, 0) is 26.2 Å². The highest BCUT2D eigenvalue weighted by molar-refractivity contribution is 5.79. The van der Waals surface area contributed by atoms with Crippen molar-refractivity contribution in [2.75, 3.05) is 6.54 Å². The van der Waals surface area contributed by atoms with Gasteiger partial charge in [0, 0.05) is 19.1 Å². The second-order valence-corrected chi connectivity index (χ2v) is 4.81. The van der Waals surface area contributed by atoms with Crippen molar-refractivity contribution in [1.82, 2.24) is 25.6 Å². The zero-order valence-electron chi connectivity index (χ0n) is 11.0. The number of hydrogen-bond acceptors (Lipinski definition) is 4. The monoisotopic (exact) mass is 251 g/mol. The Labute approximate surface area is 107 Å². The van der Waals surface area contributed by atoms with Crippen LogP contribution in [0.25, 0.3) is 0 Å². The number of amides is 1. The van der Waals surface area contributed by atoms with Gasteiger partial charge in [-0.3, -0.25) is 4.79 Å². The molecule has 1 aromatic heterocycles. The van der Waals surface area contributed by atoms with Crippen LogP contribution in [0.1, 0.15) is 44.8 Å². The minimum atomic E-state index is -0.307. The van der Waals surface area contributed by atoms with Gasteiger partial charge in [0.1, 0.15) is 6.04 Å². The Morgan fingerprint density at radius 2 is 2.39 bits per heavy atom. The Hall–Kier alpha value is -1.43. The molecule has 0 bridgehead atoms. The molecule has 100 valence electrons. The maximum Gasteiger partial charge on any atom is 0.244 e. The van der Waals surface area contributed by atoms with Crippen molar-refractivity contribution in [3.05, 3.63) is 11.9 Å². The Kier molecular flexibility index (Phi) is 4.30. The molecule has 1 fully saturated rings. The summed E-state index contributed by atoms with van der Waals surface area (Å²) in [6.07, 6.45) is 5.28. The zero-order valence-corrected chi connectivity index (χ0v) is 11.0. The van der Waals surface area contributed by atoms with E-state index in [4.69, 9.17) is 0 Å². The van der Waals surface area contributed by atoms with Crippen molar-refractivity contribution in [3.63, 3.8) is 0 Å². The van der Waals surface area contributed by atoms with E-state index in [1.165, 1.54) is 12.8 Å². The molecule has 6 nitrogen and oxygen atoms in total. The van der Waals surface area contributed by atoms with E-state index in [0.29, 0.717) is 12.6 Å². The maximum absolute atomic E-state index is 11.8. The molecule has 1 heterocycles. The van der Waals surface area contributed by atoms with Crippen LogP contribution in [0.5, 0.6) is 0 Å². The zero-order chi connectivity index (χ0) is 13.0. The molecule has 2 rings (SSSR count). The summed E-state index contributed by atoms with van der Waals surface area (Å²) in [7, 11) is 0. The number of carbonyl (C=O) groups is 1. The van der Waals surface area contributed by atoms with Crippen LogP contribution >= 0.6 is 0 Å². The second kappa shape index (κ2) is 5.95. The summed E-state index contributed by atoms with van der Waals surface area (Å²) in [6, 6.07) is 0.346. The molecule has 1 unspecified atom stereocenters. The highest BCUT2D eigenvalue weighted by Crippen LogP contribution is 2.19. The summed E-state index contributed by atoms with van der Waals surface area (Å²) < 4.78 is 1.62. The van der Waals surface area contributed by atoms with E-state index < -0.39 is 0 Å². The van der Waals surface area contributed by atoms with Gasteiger partial charge in [0.15, 0.2) is 0 Å². The third-order valence-electron chi connectivity index (χ3n) is 3.03. The number of rotatable bonds is 7. The van der Waals surface area contributed by atoms with E-state index in [1.54, 1.807) is 4.68 Å². The number of nitrogens with zero attached hydrogens (tertiary/aromatic N) is 3. The quantitative estimate of drug-likeness (QED) is 0.745. The number of carbonyl (C=O) groups excluding carboxylic acids is 1. The van der Waals surface area contributed by atoms with Gasteiger partial charge in [0.25, 0.3) is 0 Å². The maximum atomic E-state index is 11.8. The topological polar surface area (TPSA) is 71.8 Å². The molecule has 1 saturated carbocycles. The lowest BCUT2D eigenvalue weighted by Gasteiger charge is -2.10. The molecule has 1 aliphatic rings. The predicted octanol–water partition coefficient (Wildman–Crippen LogP) is 0.617. The van der Waals surface area contributed by atoms with E-state index in [1.807, 2.05) is 20.0 Å².